The van der Waals surface area contributed by atoms with Gasteiger partial charge in [-0.3, -0.25) is 9.89 Å². The van der Waals surface area contributed by atoms with Gasteiger partial charge in [0.2, 0.25) is 0 Å². The summed E-state index contributed by atoms with van der Waals surface area (Å²) in [5.74, 6) is 0.592. The molecule has 0 aromatic carbocycles. The minimum absolute atomic E-state index is 0.252. The monoisotopic (exact) mass is 164 g/mol. The summed E-state index contributed by atoms with van der Waals surface area (Å²) in [7, 11) is 0. The molecule has 0 saturated heterocycles. The maximum absolute atomic E-state index is 11.4. The molecule has 1 N–H and O–H groups in total. The van der Waals surface area contributed by atoms with Gasteiger partial charge in [-0.2, -0.15) is 5.10 Å². The van der Waals surface area contributed by atoms with Gasteiger partial charge in [-0.05, 0) is 12.3 Å². The Bertz CT molecular complexity index is 325. The maximum atomic E-state index is 11.4. The number of rotatable bonds is 1. The first-order chi connectivity index (χ1) is 5.70. The molecule has 0 amide bonds. The fraction of sp³-hybridized carbons (Fsp3) is 0.556. The smallest absolute Gasteiger partial charge is 0.166 e. The molecule has 1 aromatic heterocycles. The molecule has 0 bridgehead atoms. The lowest BCUT2D eigenvalue weighted by molar-refractivity contribution is 0.0993. The minimum atomic E-state index is 0.252. The van der Waals surface area contributed by atoms with Crippen molar-refractivity contribution < 1.29 is 4.79 Å². The predicted molar refractivity (Wildman–Crippen MR) is 45.3 cm³/mol. The summed E-state index contributed by atoms with van der Waals surface area (Å²) < 4.78 is 0. The maximum Gasteiger partial charge on any atom is 0.166 e. The molecule has 0 aliphatic heterocycles. The summed E-state index contributed by atoms with van der Waals surface area (Å²) in [5.41, 5.74) is 2.83. The van der Waals surface area contributed by atoms with Gasteiger partial charge in [0.25, 0.3) is 0 Å². The van der Waals surface area contributed by atoms with Gasteiger partial charge in [-0.25, -0.2) is 0 Å². The van der Waals surface area contributed by atoms with E-state index in [2.05, 4.69) is 24.0 Å². The van der Waals surface area contributed by atoms with Crippen LogP contribution in [0.3, 0.4) is 0 Å². The van der Waals surface area contributed by atoms with E-state index in [1.807, 2.05) is 0 Å². The molecular weight excluding hydrogens is 152 g/mol. The van der Waals surface area contributed by atoms with Crippen LogP contribution in [0.15, 0.2) is 0 Å². The van der Waals surface area contributed by atoms with E-state index in [-0.39, 0.29) is 5.78 Å². The van der Waals surface area contributed by atoms with E-state index < -0.39 is 0 Å². The standard InChI is InChI=1S/C9H12N2O/c1-5(2)9-8-6(10-11-9)3-4-7(8)12/h5H,3-4H2,1-2H3,(H,10,11). The van der Waals surface area contributed by atoms with Crippen LogP contribution in [0.1, 0.15) is 47.9 Å². The molecule has 2 rings (SSSR count). The number of aromatic nitrogens is 2. The Morgan fingerprint density at radius 3 is 2.83 bits per heavy atom. The molecule has 1 heterocycles. The van der Waals surface area contributed by atoms with Crippen molar-refractivity contribution in [2.45, 2.75) is 32.6 Å². The van der Waals surface area contributed by atoms with Crippen molar-refractivity contribution >= 4 is 5.78 Å². The van der Waals surface area contributed by atoms with Gasteiger partial charge >= 0.3 is 0 Å². The van der Waals surface area contributed by atoms with Gasteiger partial charge < -0.3 is 0 Å². The number of H-pyrrole nitrogens is 1. The second-order valence-corrected chi connectivity index (χ2v) is 3.54. The van der Waals surface area contributed by atoms with Crippen molar-refractivity contribution in [2.75, 3.05) is 0 Å². The first-order valence-corrected chi connectivity index (χ1v) is 4.30. The Labute approximate surface area is 71.2 Å². The topological polar surface area (TPSA) is 45.8 Å². The van der Waals surface area contributed by atoms with Crippen LogP contribution in [0.5, 0.6) is 0 Å². The molecule has 0 saturated carbocycles. The number of aromatic amines is 1. The van der Waals surface area contributed by atoms with Crippen molar-refractivity contribution in [3.63, 3.8) is 0 Å². The Morgan fingerprint density at radius 1 is 1.42 bits per heavy atom. The molecule has 64 valence electrons. The summed E-state index contributed by atoms with van der Waals surface area (Å²) in [5, 5.41) is 7.07. The van der Waals surface area contributed by atoms with Crippen molar-refractivity contribution in [3.8, 4) is 0 Å². The molecule has 0 radical (unpaired) electrons. The summed E-state index contributed by atoms with van der Waals surface area (Å²) in [6.07, 6.45) is 1.50. The van der Waals surface area contributed by atoms with Crippen molar-refractivity contribution in [3.05, 3.63) is 17.0 Å². The average Bonchev–Trinajstić information content (AvgIpc) is 2.53. The zero-order valence-corrected chi connectivity index (χ0v) is 7.35. The highest BCUT2D eigenvalue weighted by atomic mass is 16.1. The van der Waals surface area contributed by atoms with Crippen LogP contribution in [0, 0.1) is 0 Å². The molecule has 0 atom stereocenters. The second kappa shape index (κ2) is 2.44. The largest absolute Gasteiger partial charge is 0.294 e. The number of fused-ring (bicyclic) bond motifs is 1. The lowest BCUT2D eigenvalue weighted by Gasteiger charge is -2.00. The van der Waals surface area contributed by atoms with Crippen molar-refractivity contribution in [1.82, 2.24) is 10.2 Å². The molecule has 1 aliphatic rings. The molecule has 0 unspecified atom stereocenters. The van der Waals surface area contributed by atoms with Crippen LogP contribution >= 0.6 is 0 Å². The number of carbonyl (C=O) groups is 1. The summed E-state index contributed by atoms with van der Waals surface area (Å²) in [6.45, 7) is 4.12. The number of carbonyl (C=O) groups excluding carboxylic acids is 1. The Kier molecular flexibility index (Phi) is 1.53. The lowest BCUT2D eigenvalue weighted by Crippen LogP contribution is -1.98. The van der Waals surface area contributed by atoms with Crippen LogP contribution in [0.4, 0.5) is 0 Å². The first kappa shape index (κ1) is 7.53. The number of Topliss-reactive ketones (excluding diaryl/α,β-unsaturated/α-hetero) is 1. The number of ketones is 1. The van der Waals surface area contributed by atoms with Crippen LogP contribution in [0.2, 0.25) is 0 Å². The van der Waals surface area contributed by atoms with Gasteiger partial charge in [0.1, 0.15) is 0 Å². The zero-order chi connectivity index (χ0) is 8.72. The number of aryl methyl sites for hydroxylation is 1. The summed E-state index contributed by atoms with van der Waals surface area (Å²) in [4.78, 5) is 11.4. The predicted octanol–water partition coefficient (Wildman–Crippen LogP) is 1.66. The fourth-order valence-corrected chi connectivity index (χ4v) is 1.67. The van der Waals surface area contributed by atoms with Crippen LogP contribution in [0.25, 0.3) is 0 Å². The molecule has 3 nitrogen and oxygen atoms in total. The quantitative estimate of drug-likeness (QED) is 0.686. The molecular formula is C9H12N2O. The van der Waals surface area contributed by atoms with E-state index in [1.54, 1.807) is 0 Å². The average molecular weight is 164 g/mol. The third kappa shape index (κ3) is 0.891. The highest BCUT2D eigenvalue weighted by Crippen LogP contribution is 2.27. The van der Waals surface area contributed by atoms with E-state index in [0.29, 0.717) is 12.3 Å². The number of hydrogen-bond donors (Lipinski definition) is 1. The van der Waals surface area contributed by atoms with Gasteiger partial charge in [0, 0.05) is 12.1 Å². The number of nitrogens with one attached hydrogen (secondary N) is 1. The number of hydrogen-bond acceptors (Lipinski definition) is 2. The lowest BCUT2D eigenvalue weighted by atomic mass is 10.0. The van der Waals surface area contributed by atoms with E-state index in [1.165, 1.54) is 0 Å². The van der Waals surface area contributed by atoms with Gasteiger partial charge in [0.05, 0.1) is 11.3 Å². The Morgan fingerprint density at radius 2 is 2.17 bits per heavy atom. The summed E-state index contributed by atoms with van der Waals surface area (Å²) in [6, 6.07) is 0. The third-order valence-corrected chi connectivity index (χ3v) is 2.30. The molecule has 1 aliphatic carbocycles. The normalized spacial score (nSPS) is 15.8. The summed E-state index contributed by atoms with van der Waals surface area (Å²) >= 11 is 0. The van der Waals surface area contributed by atoms with Gasteiger partial charge in [-0.1, -0.05) is 13.8 Å². The highest BCUT2D eigenvalue weighted by Gasteiger charge is 2.26. The molecule has 0 spiro atoms. The number of nitrogens with zero attached hydrogens (tertiary/aromatic N) is 1. The van der Waals surface area contributed by atoms with Crippen molar-refractivity contribution in [2.24, 2.45) is 0 Å². The van der Waals surface area contributed by atoms with Crippen molar-refractivity contribution in [1.29, 1.82) is 0 Å². The van der Waals surface area contributed by atoms with E-state index in [0.717, 1.165) is 23.4 Å². The first-order valence-electron chi connectivity index (χ1n) is 4.30. The Hall–Kier alpha value is -1.12. The van der Waals surface area contributed by atoms with E-state index in [4.69, 9.17) is 0 Å². The van der Waals surface area contributed by atoms with Gasteiger partial charge in [0.15, 0.2) is 5.78 Å². The zero-order valence-electron chi connectivity index (χ0n) is 7.35. The van der Waals surface area contributed by atoms with E-state index in [9.17, 15) is 4.79 Å². The molecule has 3 heteroatoms. The molecule has 12 heavy (non-hydrogen) atoms. The minimum Gasteiger partial charge on any atom is -0.294 e. The Balaban J connectivity index is 2.53. The second-order valence-electron chi connectivity index (χ2n) is 3.54. The van der Waals surface area contributed by atoms with E-state index >= 15 is 0 Å². The highest BCUT2D eigenvalue weighted by molar-refractivity contribution is 6.01. The van der Waals surface area contributed by atoms with Crippen LogP contribution in [-0.2, 0) is 6.42 Å². The third-order valence-electron chi connectivity index (χ3n) is 2.30. The van der Waals surface area contributed by atoms with Gasteiger partial charge in [-0.15, -0.1) is 0 Å². The SMILES string of the molecule is CC(C)c1n[nH]c2c1C(=O)CC2. The molecule has 1 aromatic rings. The fourth-order valence-electron chi connectivity index (χ4n) is 1.67. The molecule has 0 fully saturated rings. The van der Waals surface area contributed by atoms with Crippen LogP contribution < -0.4 is 0 Å². The van der Waals surface area contributed by atoms with Crippen LogP contribution in [-0.4, -0.2) is 16.0 Å².